The van der Waals surface area contributed by atoms with Crippen molar-refractivity contribution in [1.82, 2.24) is 10.2 Å². The third-order valence-corrected chi connectivity index (χ3v) is 5.40. The molecule has 1 heterocycles. The molecule has 1 aliphatic carbocycles. The summed E-state index contributed by atoms with van der Waals surface area (Å²) >= 11 is 0. The third kappa shape index (κ3) is 3.64. The fourth-order valence-electron chi connectivity index (χ4n) is 4.30. The van der Waals surface area contributed by atoms with Crippen molar-refractivity contribution in [3.05, 3.63) is 23.8 Å². The summed E-state index contributed by atoms with van der Waals surface area (Å²) in [5.74, 6) is 2.64. The number of piperazine rings is 1. The van der Waals surface area contributed by atoms with Gasteiger partial charge < -0.3 is 14.8 Å². The molecule has 4 heteroatoms. The van der Waals surface area contributed by atoms with Crippen molar-refractivity contribution in [2.75, 3.05) is 40.4 Å². The van der Waals surface area contributed by atoms with Crippen LogP contribution in [0.3, 0.4) is 0 Å². The lowest BCUT2D eigenvalue weighted by molar-refractivity contribution is 0.0990. The molecule has 1 aliphatic heterocycles. The van der Waals surface area contributed by atoms with Crippen molar-refractivity contribution < 1.29 is 9.47 Å². The van der Waals surface area contributed by atoms with Crippen LogP contribution in [0.15, 0.2) is 18.2 Å². The van der Waals surface area contributed by atoms with Gasteiger partial charge in [0.05, 0.1) is 19.8 Å². The SMILES string of the molecule is COc1cccc(OC)c1[C@H](C1CCCCC1)N1CCNCC1. The molecule has 0 radical (unpaired) electrons. The van der Waals surface area contributed by atoms with E-state index in [-0.39, 0.29) is 0 Å². The van der Waals surface area contributed by atoms with Gasteiger partial charge in [-0.25, -0.2) is 0 Å². The van der Waals surface area contributed by atoms with Gasteiger partial charge in [-0.2, -0.15) is 0 Å². The molecule has 0 unspecified atom stereocenters. The predicted molar refractivity (Wildman–Crippen MR) is 93.3 cm³/mol. The van der Waals surface area contributed by atoms with Gasteiger partial charge in [0, 0.05) is 32.2 Å². The topological polar surface area (TPSA) is 33.7 Å². The molecule has 1 saturated heterocycles. The molecule has 4 nitrogen and oxygen atoms in total. The molecule has 0 aromatic heterocycles. The Balaban J connectivity index is 1.99. The van der Waals surface area contributed by atoms with Gasteiger partial charge in [0.2, 0.25) is 0 Å². The Labute approximate surface area is 140 Å². The van der Waals surface area contributed by atoms with E-state index in [1.54, 1.807) is 14.2 Å². The van der Waals surface area contributed by atoms with Crippen LogP contribution in [-0.2, 0) is 0 Å². The van der Waals surface area contributed by atoms with Crippen molar-refractivity contribution >= 4 is 0 Å². The second-order valence-electron chi connectivity index (χ2n) is 6.71. The van der Waals surface area contributed by atoms with Crippen LogP contribution in [-0.4, -0.2) is 45.3 Å². The molecular weight excluding hydrogens is 288 g/mol. The molecule has 1 atom stereocenters. The second-order valence-corrected chi connectivity index (χ2v) is 6.71. The van der Waals surface area contributed by atoms with Gasteiger partial charge >= 0.3 is 0 Å². The molecule has 1 N–H and O–H groups in total. The maximum atomic E-state index is 5.73. The Bertz CT molecular complexity index is 454. The molecule has 0 spiro atoms. The number of rotatable bonds is 5. The largest absolute Gasteiger partial charge is 0.496 e. The average molecular weight is 318 g/mol. The number of nitrogens with one attached hydrogen (secondary N) is 1. The smallest absolute Gasteiger partial charge is 0.127 e. The van der Waals surface area contributed by atoms with Crippen LogP contribution in [0.1, 0.15) is 43.7 Å². The Morgan fingerprint density at radius 3 is 2.17 bits per heavy atom. The number of hydrogen-bond donors (Lipinski definition) is 1. The second kappa shape index (κ2) is 8.02. The molecule has 1 saturated carbocycles. The molecule has 2 aliphatic rings. The van der Waals surface area contributed by atoms with Gasteiger partial charge in [0.25, 0.3) is 0 Å². The van der Waals surface area contributed by atoms with E-state index in [0.29, 0.717) is 12.0 Å². The van der Waals surface area contributed by atoms with Crippen molar-refractivity contribution in [3.8, 4) is 11.5 Å². The van der Waals surface area contributed by atoms with Crippen LogP contribution in [0.2, 0.25) is 0 Å². The highest BCUT2D eigenvalue weighted by Crippen LogP contribution is 2.45. The van der Waals surface area contributed by atoms with Gasteiger partial charge in [-0.1, -0.05) is 25.3 Å². The summed E-state index contributed by atoms with van der Waals surface area (Å²) < 4.78 is 11.5. The minimum absolute atomic E-state index is 0.406. The molecule has 0 amide bonds. The monoisotopic (exact) mass is 318 g/mol. The van der Waals surface area contributed by atoms with Gasteiger partial charge in [-0.3, -0.25) is 4.90 Å². The van der Waals surface area contributed by atoms with E-state index in [2.05, 4.69) is 22.3 Å². The number of ether oxygens (including phenoxy) is 2. The summed E-state index contributed by atoms with van der Waals surface area (Å²) in [7, 11) is 3.54. The molecule has 2 fully saturated rings. The Kier molecular flexibility index (Phi) is 5.79. The molecular formula is C19H30N2O2. The Morgan fingerprint density at radius 2 is 1.61 bits per heavy atom. The lowest BCUT2D eigenvalue weighted by Gasteiger charge is -2.42. The quantitative estimate of drug-likeness (QED) is 0.904. The van der Waals surface area contributed by atoms with E-state index in [9.17, 15) is 0 Å². The fourth-order valence-corrected chi connectivity index (χ4v) is 4.30. The lowest BCUT2D eigenvalue weighted by Crippen LogP contribution is -2.47. The predicted octanol–water partition coefficient (Wildman–Crippen LogP) is 3.23. The maximum absolute atomic E-state index is 5.73. The third-order valence-electron chi connectivity index (χ3n) is 5.40. The van der Waals surface area contributed by atoms with Crippen molar-refractivity contribution in [2.45, 2.75) is 38.1 Å². The average Bonchev–Trinajstić information content (AvgIpc) is 2.64. The summed E-state index contributed by atoms with van der Waals surface area (Å²) in [6.45, 7) is 4.34. The van der Waals surface area contributed by atoms with E-state index in [4.69, 9.17) is 9.47 Å². The van der Waals surface area contributed by atoms with Crippen molar-refractivity contribution in [1.29, 1.82) is 0 Å². The first-order chi connectivity index (χ1) is 11.3. The van der Waals surface area contributed by atoms with Gasteiger partial charge in [-0.15, -0.1) is 0 Å². The molecule has 0 bridgehead atoms. The minimum atomic E-state index is 0.406. The highest BCUT2D eigenvalue weighted by molar-refractivity contribution is 5.47. The summed E-state index contributed by atoms with van der Waals surface area (Å²) in [5.41, 5.74) is 1.26. The van der Waals surface area contributed by atoms with Gasteiger partial charge in [-0.05, 0) is 30.9 Å². The summed E-state index contributed by atoms with van der Waals surface area (Å²) in [6.07, 6.45) is 6.72. The van der Waals surface area contributed by atoms with Crippen LogP contribution in [0.25, 0.3) is 0 Å². The van der Waals surface area contributed by atoms with E-state index in [1.165, 1.54) is 37.7 Å². The van der Waals surface area contributed by atoms with Crippen molar-refractivity contribution in [2.24, 2.45) is 5.92 Å². The zero-order valence-corrected chi connectivity index (χ0v) is 14.5. The Hall–Kier alpha value is -1.26. The van der Waals surface area contributed by atoms with E-state index in [1.807, 2.05) is 6.07 Å². The zero-order chi connectivity index (χ0) is 16.1. The summed E-state index contributed by atoms with van der Waals surface area (Å²) in [4.78, 5) is 2.65. The lowest BCUT2D eigenvalue weighted by atomic mass is 9.79. The van der Waals surface area contributed by atoms with E-state index in [0.717, 1.165) is 37.7 Å². The summed E-state index contributed by atoms with van der Waals surface area (Å²) in [6, 6.07) is 6.59. The van der Waals surface area contributed by atoms with Gasteiger partial charge in [0.1, 0.15) is 11.5 Å². The number of methoxy groups -OCH3 is 2. The molecule has 3 rings (SSSR count). The van der Waals surface area contributed by atoms with Crippen LogP contribution >= 0.6 is 0 Å². The standard InChI is InChI=1S/C19H30N2O2/c1-22-16-9-6-10-17(23-2)18(16)19(15-7-4-3-5-8-15)21-13-11-20-12-14-21/h6,9-10,15,19-20H,3-5,7-8,11-14H2,1-2H3/t19-/m0/s1. The first-order valence-corrected chi connectivity index (χ1v) is 9.01. The number of hydrogen-bond acceptors (Lipinski definition) is 4. The highest BCUT2D eigenvalue weighted by atomic mass is 16.5. The van der Waals surface area contributed by atoms with Crippen LogP contribution < -0.4 is 14.8 Å². The normalized spacial score (nSPS) is 21.8. The van der Waals surface area contributed by atoms with E-state index >= 15 is 0 Å². The maximum Gasteiger partial charge on any atom is 0.127 e. The zero-order valence-electron chi connectivity index (χ0n) is 14.5. The molecule has 23 heavy (non-hydrogen) atoms. The first kappa shape index (κ1) is 16.6. The summed E-state index contributed by atoms with van der Waals surface area (Å²) in [5, 5.41) is 3.48. The van der Waals surface area contributed by atoms with E-state index < -0.39 is 0 Å². The first-order valence-electron chi connectivity index (χ1n) is 9.01. The molecule has 128 valence electrons. The van der Waals surface area contributed by atoms with Crippen LogP contribution in [0.4, 0.5) is 0 Å². The number of benzene rings is 1. The Morgan fingerprint density at radius 1 is 1.00 bits per heavy atom. The van der Waals surface area contributed by atoms with Crippen LogP contribution in [0.5, 0.6) is 11.5 Å². The molecule has 1 aromatic carbocycles. The van der Waals surface area contributed by atoms with Crippen LogP contribution in [0, 0.1) is 5.92 Å². The fraction of sp³-hybridized carbons (Fsp3) is 0.684. The minimum Gasteiger partial charge on any atom is -0.496 e. The van der Waals surface area contributed by atoms with Gasteiger partial charge in [0.15, 0.2) is 0 Å². The van der Waals surface area contributed by atoms with Crippen molar-refractivity contribution in [3.63, 3.8) is 0 Å². The highest BCUT2D eigenvalue weighted by Gasteiger charge is 2.34. The molecule has 1 aromatic rings. The number of nitrogens with zero attached hydrogens (tertiary/aromatic N) is 1.